The molecule has 1 amide bonds. The monoisotopic (exact) mass is 404 g/mol. The predicted octanol–water partition coefficient (Wildman–Crippen LogP) is 2.15. The number of halogens is 2. The standard InChI is InChI=1S/C14H14ClFN4O3S2/c1-20-12(13(21)18-8-2-3-10(16)9(15)6-8)7-11(19-25(20,22)23)14-17-4-5-24-14/h2-6,11-12,19H,7H2,1H3,(H,18,21)/t11-,12+/m0/s1. The normalized spacial score (nSPS) is 23.3. The Balaban J connectivity index is 1.83. The van der Waals surface area contributed by atoms with Gasteiger partial charge >= 0.3 is 0 Å². The molecule has 1 aromatic carbocycles. The van der Waals surface area contributed by atoms with Gasteiger partial charge in [0.05, 0.1) is 11.1 Å². The average Bonchev–Trinajstić information content (AvgIpc) is 3.07. The molecule has 7 nitrogen and oxygen atoms in total. The number of likely N-dealkylation sites (N-methyl/N-ethyl adjacent to an activating group) is 1. The zero-order valence-electron chi connectivity index (χ0n) is 12.9. The van der Waals surface area contributed by atoms with E-state index in [2.05, 4.69) is 15.0 Å². The summed E-state index contributed by atoms with van der Waals surface area (Å²) >= 11 is 7.00. The van der Waals surface area contributed by atoms with Crippen LogP contribution in [-0.4, -0.2) is 36.7 Å². The largest absolute Gasteiger partial charge is 0.325 e. The minimum Gasteiger partial charge on any atom is -0.325 e. The van der Waals surface area contributed by atoms with Gasteiger partial charge in [-0.05, 0) is 24.6 Å². The number of benzene rings is 1. The van der Waals surface area contributed by atoms with Gasteiger partial charge in [0.25, 0.3) is 10.2 Å². The van der Waals surface area contributed by atoms with Gasteiger partial charge < -0.3 is 5.32 Å². The number of carbonyl (C=O) groups excluding carboxylic acids is 1. The summed E-state index contributed by atoms with van der Waals surface area (Å²) in [5.41, 5.74) is 0.284. The number of nitrogens with zero attached hydrogens (tertiary/aromatic N) is 2. The lowest BCUT2D eigenvalue weighted by Crippen LogP contribution is -2.55. The Labute approximate surface area is 153 Å². The molecule has 0 bridgehead atoms. The summed E-state index contributed by atoms with van der Waals surface area (Å²) in [4.78, 5) is 16.7. The maximum atomic E-state index is 13.2. The first-order valence-corrected chi connectivity index (χ1v) is 9.88. The van der Waals surface area contributed by atoms with Crippen molar-refractivity contribution >= 4 is 44.7 Å². The van der Waals surface area contributed by atoms with Crippen LogP contribution in [0.1, 0.15) is 17.5 Å². The SMILES string of the molecule is CN1[C@@H](C(=O)Nc2ccc(F)c(Cl)c2)C[C@@H](c2nccs2)NS1(=O)=O. The third-order valence-corrected chi connectivity index (χ3v) is 6.58. The van der Waals surface area contributed by atoms with Crippen LogP contribution in [-0.2, 0) is 15.0 Å². The third-order valence-electron chi connectivity index (χ3n) is 3.81. The highest BCUT2D eigenvalue weighted by Crippen LogP contribution is 2.29. The highest BCUT2D eigenvalue weighted by molar-refractivity contribution is 7.87. The molecule has 2 atom stereocenters. The van der Waals surface area contributed by atoms with Crippen molar-refractivity contribution in [3.8, 4) is 0 Å². The summed E-state index contributed by atoms with van der Waals surface area (Å²) in [6.45, 7) is 0. The molecule has 3 rings (SSSR count). The first-order chi connectivity index (χ1) is 11.8. The smallest absolute Gasteiger partial charge is 0.280 e. The van der Waals surface area contributed by atoms with Crippen LogP contribution in [0.15, 0.2) is 29.8 Å². The van der Waals surface area contributed by atoms with E-state index in [0.717, 1.165) is 10.4 Å². The Kier molecular flexibility index (Phi) is 5.07. The van der Waals surface area contributed by atoms with Crippen LogP contribution in [0, 0.1) is 5.82 Å². The van der Waals surface area contributed by atoms with E-state index in [9.17, 15) is 17.6 Å². The van der Waals surface area contributed by atoms with E-state index >= 15 is 0 Å². The highest BCUT2D eigenvalue weighted by atomic mass is 35.5. The molecule has 1 saturated heterocycles. The van der Waals surface area contributed by atoms with Crippen LogP contribution >= 0.6 is 22.9 Å². The Bertz CT molecular complexity index is 891. The molecule has 25 heavy (non-hydrogen) atoms. The van der Waals surface area contributed by atoms with Crippen molar-refractivity contribution < 1.29 is 17.6 Å². The molecule has 2 heterocycles. The van der Waals surface area contributed by atoms with Gasteiger partial charge in [-0.3, -0.25) is 4.79 Å². The predicted molar refractivity (Wildman–Crippen MR) is 93.1 cm³/mol. The second-order valence-electron chi connectivity index (χ2n) is 5.43. The van der Waals surface area contributed by atoms with Gasteiger partial charge in [0.1, 0.15) is 16.9 Å². The van der Waals surface area contributed by atoms with Crippen molar-refractivity contribution in [1.29, 1.82) is 0 Å². The molecule has 2 aromatic rings. The maximum absolute atomic E-state index is 13.2. The van der Waals surface area contributed by atoms with Crippen molar-refractivity contribution in [2.75, 3.05) is 12.4 Å². The second-order valence-corrected chi connectivity index (χ2v) is 8.53. The molecular formula is C14H14ClFN4O3S2. The number of aromatic nitrogens is 1. The summed E-state index contributed by atoms with van der Waals surface area (Å²) in [5, 5.41) is 4.75. The van der Waals surface area contributed by atoms with E-state index < -0.39 is 34.0 Å². The molecule has 1 aromatic heterocycles. The lowest BCUT2D eigenvalue weighted by atomic mass is 10.1. The topological polar surface area (TPSA) is 91.4 Å². The van der Waals surface area contributed by atoms with Crippen molar-refractivity contribution in [3.05, 3.63) is 45.6 Å². The first kappa shape index (κ1) is 18.2. The minimum absolute atomic E-state index is 0.134. The van der Waals surface area contributed by atoms with Crippen molar-refractivity contribution in [2.24, 2.45) is 0 Å². The summed E-state index contributed by atoms with van der Waals surface area (Å²) < 4.78 is 41.3. The Hall–Kier alpha value is -1.59. The number of rotatable bonds is 3. The molecule has 0 saturated carbocycles. The number of amides is 1. The quantitative estimate of drug-likeness (QED) is 0.820. The summed E-state index contributed by atoms with van der Waals surface area (Å²) in [6.07, 6.45) is 1.78. The molecule has 2 N–H and O–H groups in total. The Morgan fingerprint density at radius 1 is 1.52 bits per heavy atom. The minimum atomic E-state index is -3.83. The third kappa shape index (κ3) is 3.82. The molecule has 0 aliphatic carbocycles. The summed E-state index contributed by atoms with van der Waals surface area (Å²) in [6, 6.07) is 2.22. The molecule has 0 unspecified atom stereocenters. The molecule has 11 heteroatoms. The number of carbonyl (C=O) groups is 1. The number of hydrogen-bond donors (Lipinski definition) is 2. The van der Waals surface area contributed by atoms with Crippen LogP contribution in [0.2, 0.25) is 5.02 Å². The highest BCUT2D eigenvalue weighted by Gasteiger charge is 2.41. The summed E-state index contributed by atoms with van der Waals surface area (Å²) in [7, 11) is -2.51. The molecule has 1 fully saturated rings. The fourth-order valence-corrected chi connectivity index (χ4v) is 4.69. The fourth-order valence-electron chi connectivity index (χ4n) is 2.48. The Morgan fingerprint density at radius 2 is 2.28 bits per heavy atom. The first-order valence-electron chi connectivity index (χ1n) is 7.18. The number of thiazole rings is 1. The molecule has 1 aliphatic rings. The zero-order valence-corrected chi connectivity index (χ0v) is 15.3. The maximum Gasteiger partial charge on any atom is 0.280 e. The number of hydrogen-bond acceptors (Lipinski definition) is 5. The zero-order chi connectivity index (χ0) is 18.2. The van der Waals surface area contributed by atoms with Gasteiger partial charge in [-0.25, -0.2) is 9.37 Å². The van der Waals surface area contributed by atoms with E-state index in [1.54, 1.807) is 11.6 Å². The number of nitrogens with one attached hydrogen (secondary N) is 2. The molecular weight excluding hydrogens is 391 g/mol. The molecule has 134 valence electrons. The molecule has 0 radical (unpaired) electrons. The summed E-state index contributed by atoms with van der Waals surface area (Å²) in [5.74, 6) is -1.14. The lowest BCUT2D eigenvalue weighted by Gasteiger charge is -2.35. The van der Waals surface area contributed by atoms with Crippen molar-refractivity contribution in [1.82, 2.24) is 14.0 Å². The lowest BCUT2D eigenvalue weighted by molar-refractivity contribution is -0.120. The van der Waals surface area contributed by atoms with Gasteiger partial charge in [0, 0.05) is 24.3 Å². The van der Waals surface area contributed by atoms with Gasteiger partial charge in [-0.1, -0.05) is 11.6 Å². The van der Waals surface area contributed by atoms with E-state index in [1.165, 1.54) is 30.5 Å². The van der Waals surface area contributed by atoms with Crippen LogP contribution in [0.5, 0.6) is 0 Å². The van der Waals surface area contributed by atoms with E-state index in [0.29, 0.717) is 5.01 Å². The van der Waals surface area contributed by atoms with Crippen LogP contribution in [0.3, 0.4) is 0 Å². The van der Waals surface area contributed by atoms with E-state index in [4.69, 9.17) is 11.6 Å². The second kappa shape index (κ2) is 6.96. The average molecular weight is 405 g/mol. The van der Waals surface area contributed by atoms with Crippen LogP contribution in [0.4, 0.5) is 10.1 Å². The van der Waals surface area contributed by atoms with Crippen LogP contribution in [0.25, 0.3) is 0 Å². The van der Waals surface area contributed by atoms with Crippen molar-refractivity contribution in [3.63, 3.8) is 0 Å². The molecule has 1 aliphatic heterocycles. The van der Waals surface area contributed by atoms with Gasteiger partial charge in [0.2, 0.25) is 5.91 Å². The van der Waals surface area contributed by atoms with Crippen molar-refractivity contribution in [2.45, 2.75) is 18.5 Å². The number of anilines is 1. The molecule has 0 spiro atoms. The van der Waals surface area contributed by atoms with E-state index in [-0.39, 0.29) is 17.1 Å². The van der Waals surface area contributed by atoms with Gasteiger partial charge in [-0.2, -0.15) is 17.4 Å². The fraction of sp³-hybridized carbons (Fsp3) is 0.286. The Morgan fingerprint density at radius 3 is 2.92 bits per heavy atom. The van der Waals surface area contributed by atoms with Crippen LogP contribution < -0.4 is 10.0 Å². The van der Waals surface area contributed by atoms with Gasteiger partial charge in [-0.15, -0.1) is 11.3 Å². The van der Waals surface area contributed by atoms with E-state index in [1.807, 2.05) is 0 Å². The van der Waals surface area contributed by atoms with Gasteiger partial charge in [0.15, 0.2) is 0 Å².